The summed E-state index contributed by atoms with van der Waals surface area (Å²) >= 11 is 0. The standard InChI is InChI=1S/C28H36N4O2/c33-25(30-17-27-11-19-9-22(19)28(16-27)13-20(28)12-27)10-21-15-32-23(7-4-8-24(32)31-21)26(34)29-14-18-5-2-1-3-6-18/h4,7-8,15,18-20,22H,1-3,5-6,9-14,16-17H2,(H,29,34)(H,30,33). The molecule has 180 valence electrons. The van der Waals surface area contributed by atoms with Crippen molar-refractivity contribution in [3.63, 3.8) is 0 Å². The molecular formula is C28H36N4O2. The number of hydrogen-bond acceptors (Lipinski definition) is 3. The van der Waals surface area contributed by atoms with E-state index in [1.165, 1.54) is 64.2 Å². The van der Waals surface area contributed by atoms with Crippen LogP contribution in [0.3, 0.4) is 0 Å². The van der Waals surface area contributed by atoms with E-state index in [-0.39, 0.29) is 18.2 Å². The lowest BCUT2D eigenvalue weighted by atomic mass is 9.71. The minimum absolute atomic E-state index is 0.0497. The van der Waals surface area contributed by atoms with Crippen molar-refractivity contribution in [3.8, 4) is 0 Å². The van der Waals surface area contributed by atoms with Gasteiger partial charge in [0.05, 0.1) is 12.1 Å². The molecule has 6 heteroatoms. The number of aromatic nitrogens is 2. The summed E-state index contributed by atoms with van der Waals surface area (Å²) in [4.78, 5) is 30.4. The topological polar surface area (TPSA) is 75.5 Å². The van der Waals surface area contributed by atoms with Crippen molar-refractivity contribution in [2.75, 3.05) is 13.1 Å². The molecule has 0 saturated heterocycles. The summed E-state index contributed by atoms with van der Waals surface area (Å²) in [6.45, 7) is 1.57. The maximum atomic E-state index is 12.9. The second kappa shape index (κ2) is 7.56. The Morgan fingerprint density at radius 3 is 2.85 bits per heavy atom. The molecular weight excluding hydrogens is 424 g/mol. The van der Waals surface area contributed by atoms with Crippen LogP contribution in [0.15, 0.2) is 24.4 Å². The van der Waals surface area contributed by atoms with Crippen LogP contribution in [0, 0.1) is 34.5 Å². The molecule has 0 aliphatic heterocycles. The summed E-state index contributed by atoms with van der Waals surface area (Å²) in [5, 5.41) is 6.40. The van der Waals surface area contributed by atoms with E-state index in [1.807, 2.05) is 28.8 Å². The van der Waals surface area contributed by atoms with E-state index in [0.29, 0.717) is 22.4 Å². The molecule has 2 aromatic heterocycles. The Labute approximate surface area is 201 Å². The molecule has 5 saturated carbocycles. The number of amides is 2. The number of nitrogens with zero attached hydrogens (tertiary/aromatic N) is 2. The molecule has 2 aromatic rings. The number of pyridine rings is 1. The highest BCUT2D eigenvalue weighted by Gasteiger charge is 2.76. The van der Waals surface area contributed by atoms with Gasteiger partial charge in [-0.05, 0) is 91.6 Å². The fourth-order valence-corrected chi connectivity index (χ4v) is 8.43. The maximum Gasteiger partial charge on any atom is 0.268 e. The van der Waals surface area contributed by atoms with Gasteiger partial charge in [-0.15, -0.1) is 0 Å². The highest BCUT2D eigenvalue weighted by molar-refractivity contribution is 5.93. The average Bonchev–Trinajstić information content (AvgIpc) is 3.68. The Bertz CT molecular complexity index is 1150. The molecule has 5 fully saturated rings. The number of imidazole rings is 1. The lowest BCUT2D eigenvalue weighted by molar-refractivity contribution is -0.121. The lowest BCUT2D eigenvalue weighted by Gasteiger charge is -2.36. The highest BCUT2D eigenvalue weighted by Crippen LogP contribution is 2.83. The number of hydrogen-bond donors (Lipinski definition) is 2. The number of rotatable bonds is 7. The minimum Gasteiger partial charge on any atom is -0.355 e. The zero-order valence-electron chi connectivity index (χ0n) is 20.0. The van der Waals surface area contributed by atoms with E-state index in [1.54, 1.807) is 0 Å². The van der Waals surface area contributed by atoms with Gasteiger partial charge in [0.15, 0.2) is 0 Å². The fourth-order valence-electron chi connectivity index (χ4n) is 8.43. The van der Waals surface area contributed by atoms with Gasteiger partial charge < -0.3 is 10.6 Å². The molecule has 5 aliphatic carbocycles. The van der Waals surface area contributed by atoms with Crippen LogP contribution in [0.25, 0.3) is 5.65 Å². The van der Waals surface area contributed by atoms with Gasteiger partial charge in [-0.3, -0.25) is 14.0 Å². The van der Waals surface area contributed by atoms with Gasteiger partial charge >= 0.3 is 0 Å². The first kappa shape index (κ1) is 21.0. The Morgan fingerprint density at radius 2 is 1.97 bits per heavy atom. The van der Waals surface area contributed by atoms with Gasteiger partial charge in [0, 0.05) is 19.3 Å². The van der Waals surface area contributed by atoms with Crippen molar-refractivity contribution in [2.24, 2.45) is 34.5 Å². The zero-order valence-corrected chi connectivity index (χ0v) is 20.0. The highest BCUT2D eigenvalue weighted by atomic mass is 16.2. The molecule has 5 atom stereocenters. The first-order valence-corrected chi connectivity index (χ1v) is 13.6. The van der Waals surface area contributed by atoms with E-state index in [9.17, 15) is 9.59 Å². The van der Waals surface area contributed by atoms with E-state index in [2.05, 4.69) is 15.6 Å². The molecule has 0 aromatic carbocycles. The molecule has 2 N–H and O–H groups in total. The van der Waals surface area contributed by atoms with Crippen molar-refractivity contribution in [1.29, 1.82) is 0 Å². The van der Waals surface area contributed by atoms with E-state index in [4.69, 9.17) is 0 Å². The largest absolute Gasteiger partial charge is 0.355 e. The van der Waals surface area contributed by atoms with Crippen molar-refractivity contribution < 1.29 is 9.59 Å². The van der Waals surface area contributed by atoms with Crippen LogP contribution in [0.4, 0.5) is 0 Å². The van der Waals surface area contributed by atoms with Crippen LogP contribution < -0.4 is 10.6 Å². The summed E-state index contributed by atoms with van der Waals surface area (Å²) in [6.07, 6.45) is 15.3. The fraction of sp³-hybridized carbons (Fsp3) is 0.679. The van der Waals surface area contributed by atoms with Crippen LogP contribution in [-0.4, -0.2) is 34.3 Å². The molecule has 6 nitrogen and oxygen atoms in total. The molecule has 34 heavy (non-hydrogen) atoms. The maximum absolute atomic E-state index is 12.9. The second-order valence-electron chi connectivity index (χ2n) is 12.4. The Hall–Kier alpha value is -2.37. The minimum atomic E-state index is -0.0620. The third kappa shape index (κ3) is 3.47. The summed E-state index contributed by atoms with van der Waals surface area (Å²) in [6, 6.07) is 5.61. The molecule has 2 heterocycles. The van der Waals surface area contributed by atoms with Crippen LogP contribution >= 0.6 is 0 Å². The first-order chi connectivity index (χ1) is 16.5. The summed E-state index contributed by atoms with van der Waals surface area (Å²) in [5.74, 6) is 3.49. The zero-order chi connectivity index (χ0) is 22.9. The third-order valence-electron chi connectivity index (χ3n) is 10.1. The molecule has 5 unspecified atom stereocenters. The van der Waals surface area contributed by atoms with Crippen molar-refractivity contribution in [2.45, 2.75) is 70.6 Å². The lowest BCUT2D eigenvalue weighted by Crippen LogP contribution is -2.40. The Balaban J connectivity index is 0.984. The SMILES string of the molecule is O=C(Cc1cn2c(C(=O)NCC3CCCCC3)cccc2n1)NCC12CC3CC3C3(CC3C1)C2. The average molecular weight is 461 g/mol. The number of carbonyl (C=O) groups is 2. The van der Waals surface area contributed by atoms with Gasteiger partial charge in [-0.2, -0.15) is 0 Å². The van der Waals surface area contributed by atoms with Crippen LogP contribution in [0.1, 0.15) is 80.4 Å². The molecule has 2 bridgehead atoms. The monoisotopic (exact) mass is 460 g/mol. The van der Waals surface area contributed by atoms with E-state index in [0.717, 1.165) is 42.2 Å². The number of carbonyl (C=O) groups excluding carboxylic acids is 2. The predicted octanol–water partition coefficient (Wildman–Crippen LogP) is 4.13. The van der Waals surface area contributed by atoms with Gasteiger partial charge in [-0.1, -0.05) is 25.3 Å². The quantitative estimate of drug-likeness (QED) is 0.652. The van der Waals surface area contributed by atoms with Crippen molar-refractivity contribution in [1.82, 2.24) is 20.0 Å². The smallest absolute Gasteiger partial charge is 0.268 e. The van der Waals surface area contributed by atoms with Gasteiger partial charge in [0.1, 0.15) is 11.3 Å². The first-order valence-electron chi connectivity index (χ1n) is 13.6. The summed E-state index contributed by atoms with van der Waals surface area (Å²) in [5.41, 5.74) is 3.07. The number of nitrogens with one attached hydrogen (secondary N) is 2. The van der Waals surface area contributed by atoms with E-state index < -0.39 is 0 Å². The number of fused-ring (bicyclic) bond motifs is 3. The predicted molar refractivity (Wildman–Crippen MR) is 129 cm³/mol. The summed E-state index contributed by atoms with van der Waals surface area (Å²) in [7, 11) is 0. The van der Waals surface area contributed by atoms with Crippen LogP contribution in [-0.2, 0) is 11.2 Å². The molecule has 1 spiro atoms. The third-order valence-corrected chi connectivity index (χ3v) is 10.1. The Kier molecular flexibility index (Phi) is 4.66. The van der Waals surface area contributed by atoms with Crippen molar-refractivity contribution in [3.05, 3.63) is 35.8 Å². The van der Waals surface area contributed by atoms with Crippen molar-refractivity contribution >= 4 is 17.5 Å². The van der Waals surface area contributed by atoms with Gasteiger partial charge in [-0.25, -0.2) is 4.98 Å². The molecule has 0 radical (unpaired) electrons. The summed E-state index contributed by atoms with van der Waals surface area (Å²) < 4.78 is 1.83. The molecule has 7 rings (SSSR count). The second-order valence-corrected chi connectivity index (χ2v) is 12.4. The van der Waals surface area contributed by atoms with Gasteiger partial charge in [0.25, 0.3) is 5.91 Å². The molecule has 2 amide bonds. The van der Waals surface area contributed by atoms with Crippen LogP contribution in [0.2, 0.25) is 0 Å². The van der Waals surface area contributed by atoms with Crippen LogP contribution in [0.5, 0.6) is 0 Å². The Morgan fingerprint density at radius 1 is 1.09 bits per heavy atom. The normalized spacial score (nSPS) is 35.5. The van der Waals surface area contributed by atoms with Gasteiger partial charge in [0.2, 0.25) is 5.91 Å². The molecule has 5 aliphatic rings. The van der Waals surface area contributed by atoms with E-state index >= 15 is 0 Å².